The van der Waals surface area contributed by atoms with Crippen LogP contribution in [0.1, 0.15) is 5.56 Å². The molecule has 0 aliphatic heterocycles. The van der Waals surface area contributed by atoms with E-state index < -0.39 is 11.5 Å². The first-order chi connectivity index (χ1) is 6.11. The summed E-state index contributed by atoms with van der Waals surface area (Å²) in [6.45, 7) is 0. The number of carbonyl (C=O) groups is 1. The van der Waals surface area contributed by atoms with Crippen molar-refractivity contribution in [2.45, 2.75) is 5.54 Å². The molecule has 0 amide bonds. The Morgan fingerprint density at radius 3 is 2.38 bits per heavy atom. The number of alkyl halides is 1. The normalized spacial score (nSPS) is 14.9. The number of aliphatic carboxylic acids is 1. The van der Waals surface area contributed by atoms with E-state index in [1.165, 1.54) is 0 Å². The molecule has 0 fully saturated rings. The van der Waals surface area contributed by atoms with Gasteiger partial charge in [0.1, 0.15) is 0 Å². The van der Waals surface area contributed by atoms with Gasteiger partial charge >= 0.3 is 5.97 Å². The molecule has 1 aromatic rings. The fourth-order valence-corrected chi connectivity index (χ4v) is 1.26. The molecule has 4 heteroatoms. The summed E-state index contributed by atoms with van der Waals surface area (Å²) >= 11 is 5.53. The highest BCUT2D eigenvalue weighted by atomic mass is 35.5. The first-order valence-corrected chi connectivity index (χ1v) is 4.28. The molecule has 0 saturated carbocycles. The summed E-state index contributed by atoms with van der Waals surface area (Å²) in [6.07, 6.45) is 0. The highest BCUT2D eigenvalue weighted by Crippen LogP contribution is 2.19. The second kappa shape index (κ2) is 3.77. The minimum Gasteiger partial charge on any atom is -0.480 e. The Balaban J connectivity index is 3.11. The average Bonchev–Trinajstić information content (AvgIpc) is 2.17. The smallest absolute Gasteiger partial charge is 0.329 e. The maximum absolute atomic E-state index is 10.8. The van der Waals surface area contributed by atoms with Crippen LogP contribution < -0.4 is 5.73 Å². The molecule has 0 spiro atoms. The van der Waals surface area contributed by atoms with Crippen LogP contribution in [0.3, 0.4) is 0 Å². The maximum Gasteiger partial charge on any atom is 0.329 e. The van der Waals surface area contributed by atoms with E-state index in [1.54, 1.807) is 30.3 Å². The first kappa shape index (κ1) is 10.0. The predicted molar refractivity (Wildman–Crippen MR) is 50.7 cm³/mol. The minimum absolute atomic E-state index is 0.146. The second-order valence-corrected chi connectivity index (χ2v) is 3.04. The largest absolute Gasteiger partial charge is 0.480 e. The van der Waals surface area contributed by atoms with Gasteiger partial charge < -0.3 is 10.8 Å². The first-order valence-electron chi connectivity index (χ1n) is 3.75. The summed E-state index contributed by atoms with van der Waals surface area (Å²) in [7, 11) is 0. The minimum atomic E-state index is -1.48. The van der Waals surface area contributed by atoms with E-state index in [9.17, 15) is 4.79 Å². The Labute approximate surface area is 81.1 Å². The number of carboxylic acids is 1. The van der Waals surface area contributed by atoms with Crippen molar-refractivity contribution in [1.82, 2.24) is 0 Å². The van der Waals surface area contributed by atoms with Crippen molar-refractivity contribution in [2.24, 2.45) is 5.73 Å². The standard InChI is InChI=1S/C9H10ClNO2/c10-6-9(11,8(12)13)7-4-2-1-3-5-7/h1-5H,6,11H2,(H,12,13). The zero-order valence-corrected chi connectivity index (χ0v) is 7.66. The van der Waals surface area contributed by atoms with Crippen molar-refractivity contribution in [2.75, 3.05) is 5.88 Å². The Hall–Kier alpha value is -1.06. The zero-order valence-electron chi connectivity index (χ0n) is 6.90. The fraction of sp³-hybridized carbons (Fsp3) is 0.222. The van der Waals surface area contributed by atoms with E-state index in [-0.39, 0.29) is 5.88 Å². The Morgan fingerprint density at radius 1 is 1.46 bits per heavy atom. The molecule has 0 heterocycles. The molecule has 3 nitrogen and oxygen atoms in total. The third kappa shape index (κ3) is 1.82. The number of hydrogen-bond donors (Lipinski definition) is 2. The van der Waals surface area contributed by atoms with Crippen LogP contribution in [0, 0.1) is 0 Å². The van der Waals surface area contributed by atoms with Gasteiger partial charge in [0.25, 0.3) is 0 Å². The van der Waals surface area contributed by atoms with Gasteiger partial charge in [-0.15, -0.1) is 11.6 Å². The van der Waals surface area contributed by atoms with Gasteiger partial charge in [0.2, 0.25) is 0 Å². The number of nitrogens with two attached hydrogens (primary N) is 1. The van der Waals surface area contributed by atoms with Crippen LogP contribution in [-0.2, 0) is 10.3 Å². The molecule has 0 aliphatic rings. The number of carboxylic acid groups (broad SMARTS) is 1. The number of hydrogen-bond acceptors (Lipinski definition) is 2. The predicted octanol–water partition coefficient (Wildman–Crippen LogP) is 1.16. The van der Waals surface area contributed by atoms with Crippen LogP contribution in [-0.4, -0.2) is 17.0 Å². The third-order valence-corrected chi connectivity index (χ3v) is 2.30. The van der Waals surface area contributed by atoms with Crippen molar-refractivity contribution in [3.63, 3.8) is 0 Å². The van der Waals surface area contributed by atoms with Gasteiger partial charge in [0.05, 0.1) is 5.88 Å². The monoisotopic (exact) mass is 199 g/mol. The molecule has 1 unspecified atom stereocenters. The molecule has 1 aromatic carbocycles. The van der Waals surface area contributed by atoms with Crippen molar-refractivity contribution in [3.8, 4) is 0 Å². The summed E-state index contributed by atoms with van der Waals surface area (Å²) in [4.78, 5) is 10.8. The summed E-state index contributed by atoms with van der Waals surface area (Å²) in [5, 5.41) is 8.88. The molecule has 70 valence electrons. The van der Waals surface area contributed by atoms with E-state index in [0.717, 1.165) is 0 Å². The van der Waals surface area contributed by atoms with E-state index in [1.807, 2.05) is 0 Å². The van der Waals surface area contributed by atoms with Gasteiger partial charge in [-0.2, -0.15) is 0 Å². The number of benzene rings is 1. The molecule has 0 bridgehead atoms. The molecule has 0 aromatic heterocycles. The topological polar surface area (TPSA) is 63.3 Å². The molecule has 1 rings (SSSR count). The van der Waals surface area contributed by atoms with Crippen molar-refractivity contribution >= 4 is 17.6 Å². The second-order valence-electron chi connectivity index (χ2n) is 2.78. The Bertz CT molecular complexity index is 302. The SMILES string of the molecule is NC(CCl)(C(=O)O)c1ccccc1. The third-order valence-electron chi connectivity index (χ3n) is 1.88. The summed E-state index contributed by atoms with van der Waals surface area (Å²) in [6, 6.07) is 8.55. The lowest BCUT2D eigenvalue weighted by Crippen LogP contribution is -2.46. The molecule has 13 heavy (non-hydrogen) atoms. The Kier molecular flexibility index (Phi) is 2.90. The highest BCUT2D eigenvalue weighted by Gasteiger charge is 2.34. The average molecular weight is 200 g/mol. The van der Waals surface area contributed by atoms with Gasteiger partial charge in [-0.3, -0.25) is 0 Å². The van der Waals surface area contributed by atoms with Gasteiger partial charge in [-0.25, -0.2) is 4.79 Å². The van der Waals surface area contributed by atoms with Crippen molar-refractivity contribution in [3.05, 3.63) is 35.9 Å². The number of halogens is 1. The van der Waals surface area contributed by atoms with Crippen LogP contribution in [0.5, 0.6) is 0 Å². The van der Waals surface area contributed by atoms with Crippen LogP contribution >= 0.6 is 11.6 Å². The molecule has 0 aliphatic carbocycles. The lowest BCUT2D eigenvalue weighted by molar-refractivity contribution is -0.142. The maximum atomic E-state index is 10.8. The van der Waals surface area contributed by atoms with Crippen LogP contribution in [0.15, 0.2) is 30.3 Å². The lowest BCUT2D eigenvalue weighted by Gasteiger charge is -2.21. The zero-order chi connectivity index (χ0) is 9.90. The Morgan fingerprint density at radius 2 is 2.00 bits per heavy atom. The molecular formula is C9H10ClNO2. The molecule has 0 saturated heterocycles. The summed E-state index contributed by atoms with van der Waals surface area (Å²) in [5.41, 5.74) is 4.66. The fourth-order valence-electron chi connectivity index (χ4n) is 0.993. The van der Waals surface area contributed by atoms with E-state index >= 15 is 0 Å². The van der Waals surface area contributed by atoms with Crippen molar-refractivity contribution in [1.29, 1.82) is 0 Å². The molecular weight excluding hydrogens is 190 g/mol. The van der Waals surface area contributed by atoms with Gasteiger partial charge in [-0.05, 0) is 5.56 Å². The summed E-state index contributed by atoms with van der Waals surface area (Å²) in [5.74, 6) is -1.26. The van der Waals surface area contributed by atoms with Gasteiger partial charge in [-0.1, -0.05) is 30.3 Å². The van der Waals surface area contributed by atoms with Gasteiger partial charge in [0, 0.05) is 0 Å². The number of rotatable bonds is 3. The van der Waals surface area contributed by atoms with E-state index in [4.69, 9.17) is 22.4 Å². The quantitative estimate of drug-likeness (QED) is 0.719. The van der Waals surface area contributed by atoms with Crippen LogP contribution in [0.4, 0.5) is 0 Å². The van der Waals surface area contributed by atoms with Gasteiger partial charge in [0.15, 0.2) is 5.54 Å². The van der Waals surface area contributed by atoms with E-state index in [0.29, 0.717) is 5.56 Å². The highest BCUT2D eigenvalue weighted by molar-refractivity contribution is 6.20. The van der Waals surface area contributed by atoms with Crippen LogP contribution in [0.2, 0.25) is 0 Å². The summed E-state index contributed by atoms with van der Waals surface area (Å²) < 4.78 is 0. The van der Waals surface area contributed by atoms with E-state index in [2.05, 4.69) is 0 Å². The van der Waals surface area contributed by atoms with Crippen molar-refractivity contribution < 1.29 is 9.90 Å². The molecule has 1 atom stereocenters. The van der Waals surface area contributed by atoms with Crippen LogP contribution in [0.25, 0.3) is 0 Å². The molecule has 0 radical (unpaired) electrons. The molecule has 3 N–H and O–H groups in total. The lowest BCUT2D eigenvalue weighted by atomic mass is 9.93.